The standard InChI is InChI=1S/C23H27NO4/c1-25-21-12-16(13-22(26-2)23(21)27-3)15-24-10-8-17(9-11-24)20-14-18-6-4-5-7-19(18)28-20/h4-7,12-14,17H,8-11,15H2,1-3H3. The number of nitrogens with zero attached hydrogens (tertiary/aromatic N) is 1. The second kappa shape index (κ2) is 8.15. The number of rotatable bonds is 6. The van der Waals surface area contributed by atoms with Crippen molar-refractivity contribution >= 4 is 11.0 Å². The zero-order valence-corrected chi connectivity index (χ0v) is 16.7. The van der Waals surface area contributed by atoms with Gasteiger partial charge in [-0.15, -0.1) is 0 Å². The Labute approximate surface area is 165 Å². The summed E-state index contributed by atoms with van der Waals surface area (Å²) in [4.78, 5) is 2.47. The molecule has 5 nitrogen and oxygen atoms in total. The van der Waals surface area contributed by atoms with Crippen molar-refractivity contribution in [2.24, 2.45) is 0 Å². The number of piperidine rings is 1. The van der Waals surface area contributed by atoms with Crippen molar-refractivity contribution in [1.82, 2.24) is 4.90 Å². The van der Waals surface area contributed by atoms with Crippen molar-refractivity contribution in [2.75, 3.05) is 34.4 Å². The Morgan fingerprint density at radius 2 is 1.61 bits per heavy atom. The number of furan rings is 1. The third-order valence-electron chi connectivity index (χ3n) is 5.57. The number of ether oxygens (including phenoxy) is 3. The summed E-state index contributed by atoms with van der Waals surface area (Å²) in [6.45, 7) is 2.94. The molecule has 0 radical (unpaired) electrons. The van der Waals surface area contributed by atoms with E-state index in [0.29, 0.717) is 23.2 Å². The van der Waals surface area contributed by atoms with Gasteiger partial charge >= 0.3 is 0 Å². The van der Waals surface area contributed by atoms with Gasteiger partial charge in [0.25, 0.3) is 0 Å². The van der Waals surface area contributed by atoms with Crippen LogP contribution in [-0.2, 0) is 6.54 Å². The fourth-order valence-corrected chi connectivity index (χ4v) is 4.06. The van der Waals surface area contributed by atoms with Crippen molar-refractivity contribution in [3.8, 4) is 17.2 Å². The summed E-state index contributed by atoms with van der Waals surface area (Å²) in [5.74, 6) is 3.65. The summed E-state index contributed by atoms with van der Waals surface area (Å²) in [5.41, 5.74) is 2.15. The molecule has 28 heavy (non-hydrogen) atoms. The number of para-hydroxylation sites is 1. The lowest BCUT2D eigenvalue weighted by Gasteiger charge is -2.31. The third-order valence-corrected chi connectivity index (χ3v) is 5.57. The molecule has 0 amide bonds. The molecule has 5 heteroatoms. The molecule has 2 heterocycles. The first-order chi connectivity index (χ1) is 13.7. The van der Waals surface area contributed by atoms with Crippen LogP contribution in [0.2, 0.25) is 0 Å². The van der Waals surface area contributed by atoms with Gasteiger partial charge in [0.05, 0.1) is 21.3 Å². The fraction of sp³-hybridized carbons (Fsp3) is 0.391. The van der Waals surface area contributed by atoms with E-state index in [2.05, 4.69) is 23.1 Å². The monoisotopic (exact) mass is 381 g/mol. The molecular formula is C23H27NO4. The van der Waals surface area contributed by atoms with Crippen LogP contribution < -0.4 is 14.2 Å². The first-order valence-electron chi connectivity index (χ1n) is 9.71. The Hall–Kier alpha value is -2.66. The highest BCUT2D eigenvalue weighted by molar-refractivity contribution is 5.77. The molecule has 1 saturated heterocycles. The van der Waals surface area contributed by atoms with Gasteiger partial charge in [-0.05, 0) is 55.8 Å². The van der Waals surface area contributed by atoms with Crippen molar-refractivity contribution in [3.63, 3.8) is 0 Å². The molecule has 0 N–H and O–H groups in total. The Balaban J connectivity index is 1.43. The van der Waals surface area contributed by atoms with Crippen LogP contribution >= 0.6 is 0 Å². The van der Waals surface area contributed by atoms with Gasteiger partial charge in [-0.25, -0.2) is 0 Å². The molecule has 0 spiro atoms. The SMILES string of the molecule is COc1cc(CN2CCC(c3cc4ccccc4o3)CC2)cc(OC)c1OC. The molecule has 1 aliphatic heterocycles. The van der Waals surface area contributed by atoms with Gasteiger partial charge in [-0.3, -0.25) is 4.90 Å². The summed E-state index contributed by atoms with van der Waals surface area (Å²) >= 11 is 0. The normalized spacial score (nSPS) is 15.7. The van der Waals surface area contributed by atoms with E-state index in [1.165, 1.54) is 5.39 Å². The lowest BCUT2D eigenvalue weighted by atomic mass is 9.94. The van der Waals surface area contributed by atoms with Crippen molar-refractivity contribution in [1.29, 1.82) is 0 Å². The molecule has 4 rings (SSSR count). The fourth-order valence-electron chi connectivity index (χ4n) is 4.06. The summed E-state index contributed by atoms with van der Waals surface area (Å²) in [5, 5.41) is 1.19. The molecule has 0 atom stereocenters. The lowest BCUT2D eigenvalue weighted by molar-refractivity contribution is 0.195. The highest BCUT2D eigenvalue weighted by Gasteiger charge is 2.24. The Kier molecular flexibility index (Phi) is 5.44. The van der Waals surface area contributed by atoms with Gasteiger partial charge in [0.15, 0.2) is 11.5 Å². The largest absolute Gasteiger partial charge is 0.493 e. The van der Waals surface area contributed by atoms with Crippen LogP contribution in [0.4, 0.5) is 0 Å². The van der Waals surface area contributed by atoms with Gasteiger partial charge in [0, 0.05) is 17.8 Å². The molecule has 0 saturated carbocycles. The summed E-state index contributed by atoms with van der Waals surface area (Å²) in [7, 11) is 4.93. The van der Waals surface area contributed by atoms with Gasteiger partial charge in [-0.1, -0.05) is 18.2 Å². The summed E-state index contributed by atoms with van der Waals surface area (Å²) < 4.78 is 22.5. The zero-order chi connectivity index (χ0) is 19.5. The van der Waals surface area contributed by atoms with E-state index >= 15 is 0 Å². The Morgan fingerprint density at radius 1 is 0.929 bits per heavy atom. The maximum absolute atomic E-state index is 6.08. The Morgan fingerprint density at radius 3 is 2.21 bits per heavy atom. The van der Waals surface area contributed by atoms with Crippen molar-refractivity contribution < 1.29 is 18.6 Å². The minimum absolute atomic E-state index is 0.489. The van der Waals surface area contributed by atoms with Crippen LogP contribution in [0.5, 0.6) is 17.2 Å². The maximum atomic E-state index is 6.08. The number of hydrogen-bond acceptors (Lipinski definition) is 5. The summed E-state index contributed by atoms with van der Waals surface area (Å²) in [6.07, 6.45) is 2.20. The van der Waals surface area contributed by atoms with Crippen LogP contribution in [0.25, 0.3) is 11.0 Å². The predicted molar refractivity (Wildman–Crippen MR) is 110 cm³/mol. The average Bonchev–Trinajstić information content (AvgIpc) is 3.17. The molecule has 1 fully saturated rings. The van der Waals surface area contributed by atoms with Gasteiger partial charge < -0.3 is 18.6 Å². The van der Waals surface area contributed by atoms with Gasteiger partial charge in [-0.2, -0.15) is 0 Å². The molecule has 1 aromatic heterocycles. The molecule has 3 aromatic rings. The quantitative estimate of drug-likeness (QED) is 0.611. The number of benzene rings is 2. The average molecular weight is 381 g/mol. The van der Waals surface area contributed by atoms with Crippen LogP contribution in [0, 0.1) is 0 Å². The maximum Gasteiger partial charge on any atom is 0.203 e. The highest BCUT2D eigenvalue weighted by atomic mass is 16.5. The summed E-state index contributed by atoms with van der Waals surface area (Å²) in [6, 6.07) is 14.5. The first kappa shape index (κ1) is 18.7. The lowest BCUT2D eigenvalue weighted by Crippen LogP contribution is -2.32. The van der Waals surface area contributed by atoms with Crippen LogP contribution in [0.1, 0.15) is 30.1 Å². The number of likely N-dealkylation sites (tertiary alicyclic amines) is 1. The van der Waals surface area contributed by atoms with Crippen molar-refractivity contribution in [2.45, 2.75) is 25.3 Å². The molecule has 0 aliphatic carbocycles. The predicted octanol–water partition coefficient (Wildman–Crippen LogP) is 4.84. The Bertz CT molecular complexity index is 883. The zero-order valence-electron chi connectivity index (χ0n) is 16.7. The van der Waals surface area contributed by atoms with Crippen LogP contribution in [0.3, 0.4) is 0 Å². The molecule has 148 valence electrons. The minimum atomic E-state index is 0.489. The topological polar surface area (TPSA) is 44.1 Å². The second-order valence-electron chi connectivity index (χ2n) is 7.27. The van der Waals surface area contributed by atoms with Gasteiger partial charge in [0.1, 0.15) is 11.3 Å². The van der Waals surface area contributed by atoms with E-state index in [4.69, 9.17) is 18.6 Å². The van der Waals surface area contributed by atoms with Gasteiger partial charge in [0.2, 0.25) is 5.75 Å². The van der Waals surface area contributed by atoms with E-state index in [-0.39, 0.29) is 0 Å². The molecule has 0 bridgehead atoms. The smallest absolute Gasteiger partial charge is 0.203 e. The number of fused-ring (bicyclic) bond motifs is 1. The van der Waals surface area contributed by atoms with Crippen LogP contribution in [0.15, 0.2) is 46.9 Å². The first-order valence-corrected chi connectivity index (χ1v) is 9.71. The second-order valence-corrected chi connectivity index (χ2v) is 7.27. The molecule has 0 unspecified atom stereocenters. The number of hydrogen-bond donors (Lipinski definition) is 0. The van der Waals surface area contributed by atoms with Crippen molar-refractivity contribution in [3.05, 3.63) is 53.8 Å². The number of methoxy groups -OCH3 is 3. The molecule has 1 aliphatic rings. The molecule has 2 aromatic carbocycles. The van der Waals surface area contributed by atoms with E-state index in [1.54, 1.807) is 21.3 Å². The van der Waals surface area contributed by atoms with Crippen LogP contribution in [-0.4, -0.2) is 39.3 Å². The van der Waals surface area contributed by atoms with E-state index in [0.717, 1.165) is 49.4 Å². The highest BCUT2D eigenvalue weighted by Crippen LogP contribution is 2.39. The minimum Gasteiger partial charge on any atom is -0.493 e. The molecular weight excluding hydrogens is 354 g/mol. The van der Waals surface area contributed by atoms with E-state index < -0.39 is 0 Å². The van der Waals surface area contributed by atoms with E-state index in [1.807, 2.05) is 24.3 Å². The van der Waals surface area contributed by atoms with E-state index in [9.17, 15) is 0 Å². The third kappa shape index (κ3) is 3.67.